The van der Waals surface area contributed by atoms with Crippen LogP contribution in [-0.2, 0) is 18.3 Å². The van der Waals surface area contributed by atoms with E-state index < -0.39 is 0 Å². The second-order valence-corrected chi connectivity index (χ2v) is 15.5. The molecule has 53 heavy (non-hydrogen) atoms. The lowest BCUT2D eigenvalue weighted by molar-refractivity contribution is 0.611. The molecule has 4 aliphatic carbocycles. The number of para-hydroxylation sites is 2. The highest BCUT2D eigenvalue weighted by Crippen LogP contribution is 2.54. The summed E-state index contributed by atoms with van der Waals surface area (Å²) in [5.41, 5.74) is 13.5. The third-order valence-corrected chi connectivity index (χ3v) is 12.1. The zero-order valence-electron chi connectivity index (χ0n) is 29.9. The van der Waals surface area contributed by atoms with Crippen molar-refractivity contribution >= 4 is 39.0 Å². The normalized spacial score (nSPS) is 21.5. The Hall–Kier alpha value is -6.00. The van der Waals surface area contributed by atoms with Gasteiger partial charge >= 0.3 is 0 Å². The second-order valence-electron chi connectivity index (χ2n) is 15.5. The van der Waals surface area contributed by atoms with Crippen LogP contribution in [-0.4, -0.2) is 19.1 Å². The number of aromatic nitrogens is 4. The predicted octanol–water partition coefficient (Wildman–Crippen LogP) is 11.4. The summed E-state index contributed by atoms with van der Waals surface area (Å²) >= 11 is 0. The van der Waals surface area contributed by atoms with Crippen molar-refractivity contribution in [3.05, 3.63) is 185 Å². The van der Waals surface area contributed by atoms with Crippen molar-refractivity contribution in [1.82, 2.24) is 19.1 Å². The van der Waals surface area contributed by atoms with Crippen molar-refractivity contribution in [3.63, 3.8) is 0 Å². The summed E-state index contributed by atoms with van der Waals surface area (Å²) in [6, 6.07) is 41.8. The molecule has 3 heterocycles. The average Bonchev–Trinajstić information content (AvgIpc) is 3.83. The Balaban J connectivity index is 1.21. The lowest BCUT2D eigenvalue weighted by Gasteiger charge is -2.33. The number of fused-ring (bicyclic) bond motifs is 8. The van der Waals surface area contributed by atoms with Gasteiger partial charge in [0.15, 0.2) is 0 Å². The van der Waals surface area contributed by atoms with Gasteiger partial charge in [-0.3, -0.25) is 9.13 Å². The van der Waals surface area contributed by atoms with Gasteiger partial charge in [0.2, 0.25) is 5.95 Å². The Kier molecular flexibility index (Phi) is 6.79. The molecule has 0 saturated heterocycles. The van der Waals surface area contributed by atoms with Crippen molar-refractivity contribution in [2.24, 2.45) is 5.92 Å². The maximum atomic E-state index is 5.58. The molecular weight excluding hydrogens is 645 g/mol. The first-order valence-electron chi connectivity index (χ1n) is 19.2. The standard InChI is InChI=1S/C49H40N4/c1-49(36-18-6-3-7-19-36)30-34(32-15-4-2-5-16-32)27-35(31-49)41-29-46(52-44-25-13-10-22-39(44)47-40-28-33(40)17-14-26-45(47)52)51-48(50-41)53-42-23-11-8-20-37(42)38-21-9-12-24-43(38)53/h2-8,10-20,22-25,27,29,31,33,40H,9,21,26,28,30H2,1H3. The maximum Gasteiger partial charge on any atom is 0.237 e. The Morgan fingerprint density at radius 1 is 0.755 bits per heavy atom. The van der Waals surface area contributed by atoms with Crippen LogP contribution in [0.25, 0.3) is 50.8 Å². The molecule has 3 unspecified atom stereocenters. The van der Waals surface area contributed by atoms with Gasteiger partial charge in [-0.15, -0.1) is 0 Å². The van der Waals surface area contributed by atoms with Crippen LogP contribution in [0.4, 0.5) is 0 Å². The fraction of sp³-hybridized carbons (Fsp3) is 0.184. The molecule has 7 aromatic rings. The highest BCUT2D eigenvalue weighted by Gasteiger charge is 2.42. The van der Waals surface area contributed by atoms with Crippen LogP contribution in [0.1, 0.15) is 71.4 Å². The first-order valence-corrected chi connectivity index (χ1v) is 19.2. The molecule has 0 bridgehead atoms. The van der Waals surface area contributed by atoms with Gasteiger partial charge in [0.1, 0.15) is 5.82 Å². The summed E-state index contributed by atoms with van der Waals surface area (Å²) in [7, 11) is 0. The topological polar surface area (TPSA) is 35.6 Å². The minimum Gasteiger partial charge on any atom is -0.297 e. The van der Waals surface area contributed by atoms with E-state index in [1.165, 1.54) is 61.9 Å². The van der Waals surface area contributed by atoms with Crippen LogP contribution >= 0.6 is 0 Å². The number of hydrogen-bond donors (Lipinski definition) is 0. The van der Waals surface area contributed by atoms with Crippen LogP contribution < -0.4 is 0 Å². The first kappa shape index (κ1) is 30.6. The van der Waals surface area contributed by atoms with Crippen molar-refractivity contribution < 1.29 is 0 Å². The summed E-state index contributed by atoms with van der Waals surface area (Å²) in [5, 5.41) is 2.64. The van der Waals surface area contributed by atoms with Gasteiger partial charge < -0.3 is 0 Å². The minimum atomic E-state index is -0.229. The molecule has 3 aromatic heterocycles. The highest BCUT2D eigenvalue weighted by molar-refractivity contribution is 5.92. The number of rotatable bonds is 5. The molecule has 0 radical (unpaired) electrons. The molecule has 1 fully saturated rings. The van der Waals surface area contributed by atoms with Crippen LogP contribution in [0.2, 0.25) is 0 Å². The number of nitrogens with zero attached hydrogens (tertiary/aromatic N) is 4. The molecule has 256 valence electrons. The van der Waals surface area contributed by atoms with E-state index in [1.54, 1.807) is 0 Å². The predicted molar refractivity (Wildman–Crippen MR) is 218 cm³/mol. The number of allylic oxidation sites excluding steroid dienone is 7. The molecule has 0 N–H and O–H groups in total. The fourth-order valence-electron chi connectivity index (χ4n) is 9.56. The summed E-state index contributed by atoms with van der Waals surface area (Å²) < 4.78 is 4.77. The smallest absolute Gasteiger partial charge is 0.237 e. The van der Waals surface area contributed by atoms with E-state index in [-0.39, 0.29) is 5.41 Å². The molecule has 4 nitrogen and oxygen atoms in total. The van der Waals surface area contributed by atoms with Crippen molar-refractivity contribution in [1.29, 1.82) is 0 Å². The van der Waals surface area contributed by atoms with Gasteiger partial charge in [-0.1, -0.05) is 128 Å². The fourth-order valence-corrected chi connectivity index (χ4v) is 9.56. The lowest BCUT2D eigenvalue weighted by atomic mass is 9.71. The Morgan fingerprint density at radius 2 is 1.49 bits per heavy atom. The van der Waals surface area contributed by atoms with Crippen LogP contribution in [0.15, 0.2) is 146 Å². The molecule has 0 spiro atoms. The second kappa shape index (κ2) is 11.8. The highest BCUT2D eigenvalue weighted by atomic mass is 15.2. The number of benzene rings is 4. The van der Waals surface area contributed by atoms with Gasteiger partial charge in [-0.2, -0.15) is 4.98 Å². The molecule has 3 atom stereocenters. The van der Waals surface area contributed by atoms with Crippen molar-refractivity contribution in [3.8, 4) is 11.8 Å². The van der Waals surface area contributed by atoms with E-state index in [4.69, 9.17) is 9.97 Å². The van der Waals surface area contributed by atoms with Gasteiger partial charge in [0.05, 0.1) is 22.4 Å². The van der Waals surface area contributed by atoms with E-state index >= 15 is 0 Å². The summed E-state index contributed by atoms with van der Waals surface area (Å²) in [6.45, 7) is 2.37. The zero-order chi connectivity index (χ0) is 35.1. The Labute approximate surface area is 310 Å². The first-order chi connectivity index (χ1) is 26.1. The van der Waals surface area contributed by atoms with E-state index in [9.17, 15) is 0 Å². The van der Waals surface area contributed by atoms with E-state index in [0.29, 0.717) is 17.8 Å². The average molecular weight is 685 g/mol. The molecular formula is C49H40N4. The molecule has 4 aliphatic rings. The molecule has 4 heteroatoms. The Bertz CT molecular complexity index is 2720. The minimum absolute atomic E-state index is 0.229. The largest absolute Gasteiger partial charge is 0.297 e. The van der Waals surface area contributed by atoms with Crippen molar-refractivity contribution in [2.45, 2.75) is 50.4 Å². The number of aryl methyl sites for hydroxylation is 1. The van der Waals surface area contributed by atoms with E-state index in [2.05, 4.69) is 168 Å². The summed E-state index contributed by atoms with van der Waals surface area (Å²) in [4.78, 5) is 11.1. The maximum absolute atomic E-state index is 5.58. The van der Waals surface area contributed by atoms with Crippen LogP contribution in [0.5, 0.6) is 0 Å². The third-order valence-electron chi connectivity index (χ3n) is 12.1. The number of hydrogen-bond acceptors (Lipinski definition) is 2. The van der Waals surface area contributed by atoms with Gasteiger partial charge in [0.25, 0.3) is 0 Å². The Morgan fingerprint density at radius 3 is 2.32 bits per heavy atom. The van der Waals surface area contributed by atoms with Gasteiger partial charge in [0, 0.05) is 34.4 Å². The van der Waals surface area contributed by atoms with E-state index in [0.717, 1.165) is 48.3 Å². The quantitative estimate of drug-likeness (QED) is 0.169. The van der Waals surface area contributed by atoms with Gasteiger partial charge in [-0.25, -0.2) is 4.98 Å². The lowest BCUT2D eigenvalue weighted by Crippen LogP contribution is -2.23. The monoisotopic (exact) mass is 684 g/mol. The third kappa shape index (κ3) is 4.89. The summed E-state index contributed by atoms with van der Waals surface area (Å²) in [5.74, 6) is 2.85. The van der Waals surface area contributed by atoms with Crippen molar-refractivity contribution in [2.75, 3.05) is 0 Å². The van der Waals surface area contributed by atoms with E-state index in [1.807, 2.05) is 0 Å². The SMILES string of the molecule is CC1(c2ccccc2)C=C(c2cc(-n3c4c(c5ccccc53)C3CC3C=CC4)nc(-n3c4c(c5ccccc53)CCC=C4)n2)C=C(c2ccccc2)C1. The molecule has 0 aliphatic heterocycles. The molecule has 4 aromatic carbocycles. The van der Waals surface area contributed by atoms with Crippen LogP contribution in [0, 0.1) is 5.92 Å². The molecule has 1 saturated carbocycles. The summed E-state index contributed by atoms with van der Waals surface area (Å²) in [6.07, 6.45) is 19.3. The zero-order valence-corrected chi connectivity index (χ0v) is 29.9. The molecule has 0 amide bonds. The van der Waals surface area contributed by atoms with Gasteiger partial charge in [-0.05, 0) is 95.2 Å². The molecule has 11 rings (SSSR count). The van der Waals surface area contributed by atoms with Crippen LogP contribution in [0.3, 0.4) is 0 Å².